The number of rotatable bonds is 9. The van der Waals surface area contributed by atoms with Gasteiger partial charge in [0.25, 0.3) is 0 Å². The van der Waals surface area contributed by atoms with Gasteiger partial charge in [-0.1, -0.05) is 18.2 Å². The zero-order valence-corrected chi connectivity index (χ0v) is 17.9. The van der Waals surface area contributed by atoms with E-state index in [0.717, 1.165) is 45.8 Å². The van der Waals surface area contributed by atoms with Crippen molar-refractivity contribution in [2.45, 2.75) is 32.7 Å². The first-order chi connectivity index (χ1) is 15.2. The van der Waals surface area contributed by atoms with E-state index in [-0.39, 0.29) is 5.91 Å². The Hall–Kier alpha value is -3.61. The minimum atomic E-state index is 0.0357. The number of hydrogen-bond acceptors (Lipinski definition) is 4. The largest absolute Gasteiger partial charge is 0.497 e. The molecule has 0 aliphatic heterocycles. The summed E-state index contributed by atoms with van der Waals surface area (Å²) in [6, 6.07) is 16.2. The molecule has 2 heterocycles. The molecular weight excluding hydrogens is 390 g/mol. The number of nitrogens with one attached hydrogen (secondary N) is 2. The molecule has 7 nitrogen and oxygen atoms in total. The van der Waals surface area contributed by atoms with E-state index in [0.29, 0.717) is 25.8 Å². The second-order valence-corrected chi connectivity index (χ2v) is 7.39. The number of amides is 1. The second-order valence-electron chi connectivity index (χ2n) is 7.39. The van der Waals surface area contributed by atoms with Crippen LogP contribution in [0.4, 0.5) is 0 Å². The number of aromatic amines is 1. The van der Waals surface area contributed by atoms with Gasteiger partial charge in [0.2, 0.25) is 5.91 Å². The van der Waals surface area contributed by atoms with Crippen LogP contribution in [0.3, 0.4) is 0 Å². The number of para-hydroxylation sites is 1. The molecule has 0 saturated carbocycles. The van der Waals surface area contributed by atoms with E-state index in [9.17, 15) is 4.79 Å². The molecule has 0 spiro atoms. The van der Waals surface area contributed by atoms with E-state index in [2.05, 4.69) is 32.6 Å². The van der Waals surface area contributed by atoms with Gasteiger partial charge in [0.15, 0.2) is 0 Å². The molecule has 0 aliphatic rings. The van der Waals surface area contributed by atoms with Crippen molar-refractivity contribution in [3.63, 3.8) is 0 Å². The van der Waals surface area contributed by atoms with E-state index in [1.807, 2.05) is 47.9 Å². The summed E-state index contributed by atoms with van der Waals surface area (Å²) in [5.74, 6) is 1.74. The van der Waals surface area contributed by atoms with Gasteiger partial charge in [0.1, 0.15) is 17.9 Å². The predicted molar refractivity (Wildman–Crippen MR) is 121 cm³/mol. The zero-order valence-electron chi connectivity index (χ0n) is 17.9. The van der Waals surface area contributed by atoms with Crippen molar-refractivity contribution in [1.82, 2.24) is 25.1 Å². The lowest BCUT2D eigenvalue weighted by molar-refractivity contribution is -0.121. The van der Waals surface area contributed by atoms with Crippen molar-refractivity contribution in [2.75, 3.05) is 13.7 Å². The van der Waals surface area contributed by atoms with Crippen molar-refractivity contribution < 1.29 is 9.53 Å². The van der Waals surface area contributed by atoms with Crippen LogP contribution in [0.5, 0.6) is 5.75 Å². The summed E-state index contributed by atoms with van der Waals surface area (Å²) >= 11 is 0. The monoisotopic (exact) mass is 417 g/mol. The maximum Gasteiger partial charge on any atom is 0.220 e. The van der Waals surface area contributed by atoms with Gasteiger partial charge in [-0.3, -0.25) is 4.79 Å². The molecule has 2 N–H and O–H groups in total. The van der Waals surface area contributed by atoms with Crippen molar-refractivity contribution >= 4 is 16.8 Å². The van der Waals surface area contributed by atoms with Crippen molar-refractivity contribution in [3.05, 3.63) is 66.2 Å². The van der Waals surface area contributed by atoms with Crippen LogP contribution in [0.15, 0.2) is 54.9 Å². The number of nitrogens with zero attached hydrogens (tertiary/aromatic N) is 3. The molecule has 7 heteroatoms. The highest BCUT2D eigenvalue weighted by atomic mass is 16.5. The molecule has 1 amide bonds. The fraction of sp³-hybridized carbons (Fsp3) is 0.292. The fourth-order valence-corrected chi connectivity index (χ4v) is 3.84. The lowest BCUT2D eigenvalue weighted by atomic mass is 10.0. The predicted octanol–water partition coefficient (Wildman–Crippen LogP) is 3.75. The van der Waals surface area contributed by atoms with Gasteiger partial charge >= 0.3 is 0 Å². The summed E-state index contributed by atoms with van der Waals surface area (Å²) in [5.41, 5.74) is 4.35. The Morgan fingerprint density at radius 1 is 1.13 bits per heavy atom. The van der Waals surface area contributed by atoms with Gasteiger partial charge in [-0.25, -0.2) is 0 Å². The van der Waals surface area contributed by atoms with E-state index >= 15 is 0 Å². The van der Waals surface area contributed by atoms with Crippen LogP contribution < -0.4 is 10.1 Å². The molecule has 0 saturated heterocycles. The maximum absolute atomic E-state index is 12.5. The third kappa shape index (κ3) is 4.60. The van der Waals surface area contributed by atoms with Gasteiger partial charge in [0.05, 0.1) is 7.11 Å². The summed E-state index contributed by atoms with van der Waals surface area (Å²) in [7, 11) is 1.66. The Morgan fingerprint density at radius 2 is 1.94 bits per heavy atom. The van der Waals surface area contributed by atoms with Crippen LogP contribution in [0.1, 0.15) is 24.7 Å². The van der Waals surface area contributed by atoms with Crippen molar-refractivity contribution in [3.8, 4) is 17.0 Å². The standard InChI is InChI=1S/C24H27N5O2/c1-3-29-16-26-28-22(29)14-15-25-23(30)13-12-20-19-6-4-5-7-21(19)27-24(20)17-8-10-18(31-2)11-9-17/h4-11,16,27H,3,12-15H2,1-2H3,(H,25,30). The van der Waals surface area contributed by atoms with Crippen LogP contribution >= 0.6 is 0 Å². The summed E-state index contributed by atoms with van der Waals surface area (Å²) < 4.78 is 7.26. The first kappa shape index (κ1) is 20.7. The van der Waals surface area contributed by atoms with E-state index in [1.54, 1.807) is 13.4 Å². The molecule has 31 heavy (non-hydrogen) atoms. The number of hydrogen-bond donors (Lipinski definition) is 2. The number of fused-ring (bicyclic) bond motifs is 1. The Kier molecular flexibility index (Phi) is 6.31. The zero-order chi connectivity index (χ0) is 21.6. The number of carbonyl (C=O) groups is 1. The van der Waals surface area contributed by atoms with Crippen molar-refractivity contribution in [1.29, 1.82) is 0 Å². The summed E-state index contributed by atoms with van der Waals surface area (Å²) in [6.07, 6.45) is 3.46. The highest BCUT2D eigenvalue weighted by molar-refractivity contribution is 5.91. The lowest BCUT2D eigenvalue weighted by Gasteiger charge is -2.08. The average molecular weight is 418 g/mol. The van der Waals surface area contributed by atoms with E-state index in [4.69, 9.17) is 4.74 Å². The number of H-pyrrole nitrogens is 1. The van der Waals surface area contributed by atoms with Crippen LogP contribution in [0.25, 0.3) is 22.2 Å². The smallest absolute Gasteiger partial charge is 0.220 e. The highest BCUT2D eigenvalue weighted by Gasteiger charge is 2.15. The number of aromatic nitrogens is 4. The van der Waals surface area contributed by atoms with E-state index in [1.165, 1.54) is 0 Å². The number of ether oxygens (including phenoxy) is 1. The Labute approximate surface area is 181 Å². The minimum Gasteiger partial charge on any atom is -0.497 e. The van der Waals surface area contributed by atoms with Crippen LogP contribution in [-0.4, -0.2) is 39.3 Å². The molecule has 4 rings (SSSR count). The normalized spacial score (nSPS) is 11.0. The molecule has 0 atom stereocenters. The summed E-state index contributed by atoms with van der Waals surface area (Å²) in [5, 5.41) is 12.2. The fourth-order valence-electron chi connectivity index (χ4n) is 3.84. The number of carbonyl (C=O) groups excluding carboxylic acids is 1. The third-order valence-corrected chi connectivity index (χ3v) is 5.50. The van der Waals surface area contributed by atoms with Crippen LogP contribution in [0.2, 0.25) is 0 Å². The molecule has 4 aromatic rings. The number of methoxy groups -OCH3 is 1. The summed E-state index contributed by atoms with van der Waals surface area (Å²) in [4.78, 5) is 16.0. The molecule has 160 valence electrons. The molecule has 0 unspecified atom stereocenters. The molecule has 2 aromatic heterocycles. The first-order valence-electron chi connectivity index (χ1n) is 10.6. The average Bonchev–Trinajstić information content (AvgIpc) is 3.42. The molecule has 0 radical (unpaired) electrons. The van der Waals surface area contributed by atoms with Crippen LogP contribution in [-0.2, 0) is 24.2 Å². The number of benzene rings is 2. The lowest BCUT2D eigenvalue weighted by Crippen LogP contribution is -2.26. The summed E-state index contributed by atoms with van der Waals surface area (Å²) in [6.45, 7) is 3.43. The third-order valence-electron chi connectivity index (χ3n) is 5.50. The first-order valence-corrected chi connectivity index (χ1v) is 10.6. The number of aryl methyl sites for hydroxylation is 2. The minimum absolute atomic E-state index is 0.0357. The topological polar surface area (TPSA) is 84.8 Å². The van der Waals surface area contributed by atoms with E-state index < -0.39 is 0 Å². The Bertz CT molecular complexity index is 1160. The highest BCUT2D eigenvalue weighted by Crippen LogP contribution is 2.32. The van der Waals surface area contributed by atoms with Crippen molar-refractivity contribution in [2.24, 2.45) is 0 Å². The SMILES string of the molecule is CCn1cnnc1CCNC(=O)CCc1c(-c2ccc(OC)cc2)[nH]c2ccccc12. The van der Waals surface area contributed by atoms with Gasteiger partial charge < -0.3 is 19.6 Å². The van der Waals surface area contributed by atoms with Gasteiger partial charge in [-0.2, -0.15) is 0 Å². The molecule has 0 fully saturated rings. The molecular formula is C24H27N5O2. The van der Waals surface area contributed by atoms with Crippen LogP contribution in [0, 0.1) is 0 Å². The van der Waals surface area contributed by atoms with Gasteiger partial charge in [-0.15, -0.1) is 10.2 Å². The van der Waals surface area contributed by atoms with Gasteiger partial charge in [0, 0.05) is 42.5 Å². The second kappa shape index (κ2) is 9.47. The Morgan fingerprint density at radius 3 is 2.71 bits per heavy atom. The molecule has 0 bridgehead atoms. The Balaban J connectivity index is 1.45. The quantitative estimate of drug-likeness (QED) is 0.434. The maximum atomic E-state index is 12.5. The molecule has 2 aromatic carbocycles. The van der Waals surface area contributed by atoms with Gasteiger partial charge in [-0.05, 0) is 54.8 Å². The molecule has 0 aliphatic carbocycles.